The third-order valence-corrected chi connectivity index (χ3v) is 3.70. The van der Waals surface area contributed by atoms with Crippen LogP contribution in [0.15, 0.2) is 35.7 Å². The Hall–Kier alpha value is -2.01. The molecule has 1 unspecified atom stereocenters. The maximum absolute atomic E-state index is 10.8. The van der Waals surface area contributed by atoms with Gasteiger partial charge in [-0.2, -0.15) is 0 Å². The number of hydrogen-bond donors (Lipinski definition) is 3. The van der Waals surface area contributed by atoms with Crippen LogP contribution in [0, 0.1) is 0 Å². The van der Waals surface area contributed by atoms with Gasteiger partial charge in [0.05, 0.1) is 23.0 Å². The number of nitrogens with two attached hydrogens (primary N) is 1. The van der Waals surface area contributed by atoms with Crippen molar-refractivity contribution in [3.8, 4) is 0 Å². The lowest BCUT2D eigenvalue weighted by Gasteiger charge is -2.15. The molecule has 4 N–H and O–H groups in total. The summed E-state index contributed by atoms with van der Waals surface area (Å²) in [6.45, 7) is 2.04. The number of carboxylic acid groups (broad SMARTS) is 1. The summed E-state index contributed by atoms with van der Waals surface area (Å²) in [6.07, 6.45) is 0. The lowest BCUT2D eigenvalue weighted by atomic mass is 10.1. The van der Waals surface area contributed by atoms with Crippen LogP contribution >= 0.6 is 11.3 Å². The molecule has 0 bridgehead atoms. The van der Waals surface area contributed by atoms with Crippen molar-refractivity contribution in [1.29, 1.82) is 0 Å². The van der Waals surface area contributed by atoms with Crippen LogP contribution in [0.25, 0.3) is 0 Å². The van der Waals surface area contributed by atoms with Gasteiger partial charge in [0.15, 0.2) is 0 Å². The molecule has 2 aromatic rings. The van der Waals surface area contributed by atoms with E-state index in [1.54, 1.807) is 23.5 Å². The average molecular weight is 262 g/mol. The van der Waals surface area contributed by atoms with Gasteiger partial charge in [0.25, 0.3) is 0 Å². The van der Waals surface area contributed by atoms with Crippen LogP contribution in [-0.4, -0.2) is 11.1 Å². The van der Waals surface area contributed by atoms with E-state index in [2.05, 4.69) is 5.32 Å². The Bertz CT molecular complexity index is 552. The van der Waals surface area contributed by atoms with Gasteiger partial charge in [0.1, 0.15) is 0 Å². The second-order valence-corrected chi connectivity index (χ2v) is 4.97. The molecule has 5 heteroatoms. The Morgan fingerprint density at radius 2 is 2.22 bits per heavy atom. The molecule has 0 amide bonds. The van der Waals surface area contributed by atoms with Gasteiger partial charge in [-0.05, 0) is 36.6 Å². The van der Waals surface area contributed by atoms with Crippen LogP contribution in [0.4, 0.5) is 11.4 Å². The Kier molecular flexibility index (Phi) is 3.53. The monoisotopic (exact) mass is 262 g/mol. The summed E-state index contributed by atoms with van der Waals surface area (Å²) in [5.41, 5.74) is 7.23. The van der Waals surface area contributed by atoms with Gasteiger partial charge in [-0.15, -0.1) is 11.3 Å². The van der Waals surface area contributed by atoms with Crippen molar-refractivity contribution < 1.29 is 9.90 Å². The highest BCUT2D eigenvalue weighted by Gasteiger charge is 2.10. The van der Waals surface area contributed by atoms with Crippen LogP contribution in [0.3, 0.4) is 0 Å². The van der Waals surface area contributed by atoms with E-state index in [0.717, 1.165) is 5.69 Å². The summed E-state index contributed by atoms with van der Waals surface area (Å²) >= 11 is 1.67. The number of aromatic carboxylic acids is 1. The lowest BCUT2D eigenvalue weighted by Crippen LogP contribution is -2.08. The highest BCUT2D eigenvalue weighted by atomic mass is 32.1. The predicted octanol–water partition coefficient (Wildman–Crippen LogP) is 3.20. The zero-order valence-electron chi connectivity index (χ0n) is 9.88. The first-order valence-electron chi connectivity index (χ1n) is 5.50. The Morgan fingerprint density at radius 3 is 2.78 bits per heavy atom. The molecule has 1 aromatic heterocycles. The fourth-order valence-corrected chi connectivity index (χ4v) is 2.40. The molecule has 0 radical (unpaired) electrons. The van der Waals surface area contributed by atoms with Crippen molar-refractivity contribution in [1.82, 2.24) is 0 Å². The van der Waals surface area contributed by atoms with E-state index in [0.29, 0.717) is 5.69 Å². The fraction of sp³-hybridized carbons (Fsp3) is 0.154. The summed E-state index contributed by atoms with van der Waals surface area (Å²) in [7, 11) is 0. The molecule has 0 aliphatic heterocycles. The Labute approximate surface area is 109 Å². The van der Waals surface area contributed by atoms with Gasteiger partial charge < -0.3 is 16.2 Å². The second-order valence-electron chi connectivity index (χ2n) is 3.99. The van der Waals surface area contributed by atoms with Crippen molar-refractivity contribution >= 4 is 28.7 Å². The fourth-order valence-electron chi connectivity index (χ4n) is 1.67. The number of anilines is 2. The second kappa shape index (κ2) is 5.10. The van der Waals surface area contributed by atoms with E-state index in [-0.39, 0.29) is 11.6 Å². The molecular formula is C13H14N2O2S. The Morgan fingerprint density at radius 1 is 1.44 bits per heavy atom. The maximum Gasteiger partial charge on any atom is 0.335 e. The molecule has 18 heavy (non-hydrogen) atoms. The van der Waals surface area contributed by atoms with Crippen LogP contribution in [-0.2, 0) is 0 Å². The number of nitrogen functional groups attached to an aromatic ring is 1. The maximum atomic E-state index is 10.8. The highest BCUT2D eigenvalue weighted by Crippen LogP contribution is 2.27. The number of rotatable bonds is 4. The molecule has 1 atom stereocenters. The molecule has 0 spiro atoms. The topological polar surface area (TPSA) is 75.3 Å². The standard InChI is InChI=1S/C13H14N2O2S/c1-8(12-3-2-6-18-12)15-11-5-4-9(13(16)17)7-10(11)14/h2-8,15H,14H2,1H3,(H,16,17). The van der Waals surface area contributed by atoms with Gasteiger partial charge >= 0.3 is 5.97 Å². The zero-order chi connectivity index (χ0) is 13.1. The predicted molar refractivity (Wildman–Crippen MR) is 74.2 cm³/mol. The van der Waals surface area contributed by atoms with Crippen LogP contribution in [0.1, 0.15) is 28.2 Å². The minimum absolute atomic E-state index is 0.142. The molecule has 0 aliphatic rings. The molecule has 1 heterocycles. The molecule has 0 aliphatic carbocycles. The largest absolute Gasteiger partial charge is 0.478 e. The van der Waals surface area contributed by atoms with Crippen LogP contribution in [0.2, 0.25) is 0 Å². The van der Waals surface area contributed by atoms with Crippen LogP contribution in [0.5, 0.6) is 0 Å². The Balaban J connectivity index is 2.17. The number of benzene rings is 1. The number of hydrogen-bond acceptors (Lipinski definition) is 4. The summed E-state index contributed by atoms with van der Waals surface area (Å²) in [6, 6.07) is 8.89. The molecular weight excluding hydrogens is 248 g/mol. The average Bonchev–Trinajstić information content (AvgIpc) is 2.85. The number of thiophene rings is 1. The highest BCUT2D eigenvalue weighted by molar-refractivity contribution is 7.10. The van der Waals surface area contributed by atoms with E-state index in [9.17, 15) is 4.79 Å². The molecule has 4 nitrogen and oxygen atoms in total. The molecule has 2 rings (SSSR count). The van der Waals surface area contributed by atoms with E-state index >= 15 is 0 Å². The molecule has 0 saturated heterocycles. The SMILES string of the molecule is CC(Nc1ccc(C(=O)O)cc1N)c1cccs1. The zero-order valence-corrected chi connectivity index (χ0v) is 10.7. The number of nitrogens with one attached hydrogen (secondary N) is 1. The van der Waals surface area contributed by atoms with Crippen molar-refractivity contribution in [2.45, 2.75) is 13.0 Å². The third-order valence-electron chi connectivity index (χ3n) is 2.64. The first-order valence-corrected chi connectivity index (χ1v) is 6.38. The van der Waals surface area contributed by atoms with E-state index in [4.69, 9.17) is 10.8 Å². The number of carbonyl (C=O) groups is 1. The van der Waals surface area contributed by atoms with Crippen molar-refractivity contribution in [2.24, 2.45) is 0 Å². The van der Waals surface area contributed by atoms with Gasteiger partial charge in [0.2, 0.25) is 0 Å². The van der Waals surface area contributed by atoms with Gasteiger partial charge in [-0.1, -0.05) is 6.07 Å². The summed E-state index contributed by atoms with van der Waals surface area (Å²) in [4.78, 5) is 12.0. The molecule has 1 aromatic carbocycles. The normalized spacial score (nSPS) is 12.1. The van der Waals surface area contributed by atoms with Gasteiger partial charge in [-0.25, -0.2) is 4.79 Å². The molecule has 0 saturated carbocycles. The molecule has 0 fully saturated rings. The number of carboxylic acids is 1. The lowest BCUT2D eigenvalue weighted by molar-refractivity contribution is 0.0697. The van der Waals surface area contributed by atoms with Crippen molar-refractivity contribution in [2.75, 3.05) is 11.1 Å². The van der Waals surface area contributed by atoms with E-state index in [1.165, 1.54) is 10.9 Å². The minimum atomic E-state index is -0.973. The minimum Gasteiger partial charge on any atom is -0.478 e. The van der Waals surface area contributed by atoms with Crippen LogP contribution < -0.4 is 11.1 Å². The van der Waals surface area contributed by atoms with E-state index in [1.807, 2.05) is 24.4 Å². The van der Waals surface area contributed by atoms with Gasteiger partial charge in [-0.3, -0.25) is 0 Å². The van der Waals surface area contributed by atoms with Gasteiger partial charge in [0, 0.05) is 4.88 Å². The van der Waals surface area contributed by atoms with Crippen molar-refractivity contribution in [3.05, 3.63) is 46.2 Å². The quantitative estimate of drug-likeness (QED) is 0.740. The molecule has 94 valence electrons. The summed E-state index contributed by atoms with van der Waals surface area (Å²) in [5, 5.41) is 14.1. The third kappa shape index (κ3) is 2.62. The van der Waals surface area contributed by atoms with E-state index < -0.39 is 5.97 Å². The summed E-state index contributed by atoms with van der Waals surface area (Å²) < 4.78 is 0. The smallest absolute Gasteiger partial charge is 0.335 e. The first-order chi connectivity index (χ1) is 8.58. The first kappa shape index (κ1) is 12.4. The van der Waals surface area contributed by atoms with Crippen molar-refractivity contribution in [3.63, 3.8) is 0 Å². The summed E-state index contributed by atoms with van der Waals surface area (Å²) in [5.74, 6) is -0.973.